The molecule has 100 valence electrons. The molecule has 19 heavy (non-hydrogen) atoms. The Morgan fingerprint density at radius 1 is 1.26 bits per heavy atom. The Morgan fingerprint density at radius 3 is 2.79 bits per heavy atom. The van der Waals surface area contributed by atoms with Crippen LogP contribution in [0.25, 0.3) is 10.9 Å². The number of hydrogen-bond donors (Lipinski definition) is 0. The van der Waals surface area contributed by atoms with Crippen molar-refractivity contribution in [1.82, 2.24) is 9.47 Å². The van der Waals surface area contributed by atoms with Gasteiger partial charge in [0, 0.05) is 43.7 Å². The normalized spacial score (nSPS) is 19.6. The standard InChI is InChI=1S/C16H20N2O/c1-17-10-9-12(16(17)19)7-8-13-11-18(2)15-6-4-3-5-14(13)15/h3-6,11-12H,7-10H2,1-2H3. The van der Waals surface area contributed by atoms with Gasteiger partial charge < -0.3 is 9.47 Å². The SMILES string of the molecule is CN1CCC(CCc2cn(C)c3ccccc23)C1=O. The van der Waals surface area contributed by atoms with E-state index in [2.05, 4.69) is 42.1 Å². The quantitative estimate of drug-likeness (QED) is 0.828. The van der Waals surface area contributed by atoms with Gasteiger partial charge >= 0.3 is 0 Å². The summed E-state index contributed by atoms with van der Waals surface area (Å²) < 4.78 is 2.17. The van der Waals surface area contributed by atoms with Crippen molar-refractivity contribution in [2.45, 2.75) is 19.3 Å². The van der Waals surface area contributed by atoms with E-state index < -0.39 is 0 Å². The molecule has 1 aromatic heterocycles. The average molecular weight is 256 g/mol. The molecule has 2 heterocycles. The van der Waals surface area contributed by atoms with E-state index in [1.54, 1.807) is 0 Å². The second-order valence-electron chi connectivity index (χ2n) is 5.57. The average Bonchev–Trinajstić information content (AvgIpc) is 2.91. The molecule has 1 fully saturated rings. The van der Waals surface area contributed by atoms with Crippen LogP contribution in [0.1, 0.15) is 18.4 Å². The van der Waals surface area contributed by atoms with Gasteiger partial charge in [0.25, 0.3) is 0 Å². The van der Waals surface area contributed by atoms with Gasteiger partial charge in [-0.3, -0.25) is 4.79 Å². The lowest BCUT2D eigenvalue weighted by atomic mass is 9.98. The van der Waals surface area contributed by atoms with Gasteiger partial charge in [-0.2, -0.15) is 0 Å². The van der Waals surface area contributed by atoms with E-state index in [0.717, 1.165) is 25.8 Å². The fraction of sp³-hybridized carbons (Fsp3) is 0.438. The van der Waals surface area contributed by atoms with Crippen LogP contribution in [-0.2, 0) is 18.3 Å². The van der Waals surface area contributed by atoms with Crippen LogP contribution in [0.2, 0.25) is 0 Å². The van der Waals surface area contributed by atoms with E-state index in [9.17, 15) is 4.79 Å². The van der Waals surface area contributed by atoms with Gasteiger partial charge in [-0.15, -0.1) is 0 Å². The Morgan fingerprint density at radius 2 is 2.05 bits per heavy atom. The summed E-state index contributed by atoms with van der Waals surface area (Å²) in [5.74, 6) is 0.546. The molecule has 1 saturated heterocycles. The molecular weight excluding hydrogens is 236 g/mol. The van der Waals surface area contributed by atoms with Gasteiger partial charge in [-0.1, -0.05) is 18.2 Å². The molecule has 0 radical (unpaired) electrons. The second kappa shape index (κ2) is 4.72. The zero-order valence-corrected chi connectivity index (χ0v) is 11.6. The monoisotopic (exact) mass is 256 g/mol. The zero-order valence-electron chi connectivity index (χ0n) is 11.6. The molecule has 3 rings (SSSR count). The molecular formula is C16H20N2O. The third-order valence-corrected chi connectivity index (χ3v) is 4.28. The predicted molar refractivity (Wildman–Crippen MR) is 77.0 cm³/mol. The number of rotatable bonds is 3. The van der Waals surface area contributed by atoms with Crippen molar-refractivity contribution in [3.05, 3.63) is 36.0 Å². The van der Waals surface area contributed by atoms with Crippen molar-refractivity contribution in [1.29, 1.82) is 0 Å². The number of carbonyl (C=O) groups excluding carboxylic acids is 1. The fourth-order valence-electron chi connectivity index (χ4n) is 3.12. The molecule has 1 aliphatic heterocycles. The maximum Gasteiger partial charge on any atom is 0.225 e. The topological polar surface area (TPSA) is 25.2 Å². The van der Waals surface area contributed by atoms with E-state index in [-0.39, 0.29) is 5.92 Å². The van der Waals surface area contributed by atoms with Crippen molar-refractivity contribution < 1.29 is 4.79 Å². The molecule has 2 aromatic rings. The van der Waals surface area contributed by atoms with E-state index in [4.69, 9.17) is 0 Å². The summed E-state index contributed by atoms with van der Waals surface area (Å²) >= 11 is 0. The van der Waals surface area contributed by atoms with Gasteiger partial charge in [-0.05, 0) is 30.9 Å². The molecule has 1 unspecified atom stereocenters. The van der Waals surface area contributed by atoms with Crippen LogP contribution in [0.5, 0.6) is 0 Å². The second-order valence-corrected chi connectivity index (χ2v) is 5.57. The smallest absolute Gasteiger partial charge is 0.225 e. The first-order chi connectivity index (χ1) is 9.16. The molecule has 0 spiro atoms. The first-order valence-corrected chi connectivity index (χ1v) is 6.94. The van der Waals surface area contributed by atoms with Crippen LogP contribution in [0.4, 0.5) is 0 Å². The Kier molecular flexibility index (Phi) is 3.05. The van der Waals surface area contributed by atoms with Gasteiger partial charge in [0.2, 0.25) is 5.91 Å². The van der Waals surface area contributed by atoms with Crippen molar-refractivity contribution in [2.75, 3.05) is 13.6 Å². The summed E-state index contributed by atoms with van der Waals surface area (Å²) in [6, 6.07) is 8.47. The minimum Gasteiger partial charge on any atom is -0.350 e. The van der Waals surface area contributed by atoms with Crippen LogP contribution < -0.4 is 0 Å². The molecule has 0 bridgehead atoms. The summed E-state index contributed by atoms with van der Waals surface area (Å²) in [5.41, 5.74) is 2.63. The summed E-state index contributed by atoms with van der Waals surface area (Å²) in [6.45, 7) is 0.916. The van der Waals surface area contributed by atoms with Crippen molar-refractivity contribution >= 4 is 16.8 Å². The highest BCUT2D eigenvalue weighted by Gasteiger charge is 2.28. The highest BCUT2D eigenvalue weighted by molar-refractivity contribution is 5.84. The number of likely N-dealkylation sites (tertiary alicyclic amines) is 1. The molecule has 0 saturated carbocycles. The first-order valence-electron chi connectivity index (χ1n) is 6.94. The minimum absolute atomic E-state index is 0.226. The number of nitrogens with zero attached hydrogens (tertiary/aromatic N) is 2. The maximum absolute atomic E-state index is 11.9. The molecule has 3 heteroatoms. The van der Waals surface area contributed by atoms with E-state index in [1.165, 1.54) is 16.5 Å². The number of carbonyl (C=O) groups is 1. The Hall–Kier alpha value is -1.77. The number of amides is 1. The summed E-state index contributed by atoms with van der Waals surface area (Å²) in [7, 11) is 3.99. The molecule has 1 amide bonds. The zero-order chi connectivity index (χ0) is 13.4. The lowest BCUT2D eigenvalue weighted by molar-refractivity contribution is -0.129. The molecule has 0 aliphatic carbocycles. The van der Waals surface area contributed by atoms with E-state index in [1.807, 2.05) is 11.9 Å². The van der Waals surface area contributed by atoms with Gasteiger partial charge in [0.1, 0.15) is 0 Å². The predicted octanol–water partition coefficient (Wildman–Crippen LogP) is 2.59. The van der Waals surface area contributed by atoms with Crippen LogP contribution in [-0.4, -0.2) is 29.0 Å². The van der Waals surface area contributed by atoms with Gasteiger partial charge in [-0.25, -0.2) is 0 Å². The Bertz CT molecular complexity index is 614. The van der Waals surface area contributed by atoms with Crippen LogP contribution in [0.15, 0.2) is 30.5 Å². The maximum atomic E-state index is 11.9. The number of fused-ring (bicyclic) bond motifs is 1. The molecule has 1 atom stereocenters. The number of benzene rings is 1. The van der Waals surface area contributed by atoms with Crippen molar-refractivity contribution in [2.24, 2.45) is 13.0 Å². The number of aryl methyl sites for hydroxylation is 2. The third-order valence-electron chi connectivity index (χ3n) is 4.28. The molecule has 1 aromatic carbocycles. The van der Waals surface area contributed by atoms with E-state index >= 15 is 0 Å². The number of hydrogen-bond acceptors (Lipinski definition) is 1. The molecule has 0 N–H and O–H groups in total. The first kappa shape index (κ1) is 12.3. The Labute approximate surface area is 113 Å². The van der Waals surface area contributed by atoms with Crippen LogP contribution in [0.3, 0.4) is 0 Å². The Balaban J connectivity index is 1.77. The minimum atomic E-state index is 0.226. The van der Waals surface area contributed by atoms with Crippen molar-refractivity contribution in [3.63, 3.8) is 0 Å². The van der Waals surface area contributed by atoms with E-state index in [0.29, 0.717) is 5.91 Å². The van der Waals surface area contributed by atoms with Gasteiger partial charge in [0.05, 0.1) is 0 Å². The van der Waals surface area contributed by atoms with Crippen LogP contribution >= 0.6 is 0 Å². The lowest BCUT2D eigenvalue weighted by Crippen LogP contribution is -2.22. The van der Waals surface area contributed by atoms with Gasteiger partial charge in [0.15, 0.2) is 0 Å². The molecule has 3 nitrogen and oxygen atoms in total. The highest BCUT2D eigenvalue weighted by atomic mass is 16.2. The summed E-state index contributed by atoms with van der Waals surface area (Å²) in [4.78, 5) is 13.8. The summed E-state index contributed by atoms with van der Waals surface area (Å²) in [5, 5.41) is 1.32. The number of para-hydroxylation sites is 1. The number of aromatic nitrogens is 1. The third kappa shape index (κ3) is 2.14. The molecule has 1 aliphatic rings. The largest absolute Gasteiger partial charge is 0.350 e. The fourth-order valence-corrected chi connectivity index (χ4v) is 3.12. The van der Waals surface area contributed by atoms with Crippen molar-refractivity contribution in [3.8, 4) is 0 Å². The lowest BCUT2D eigenvalue weighted by Gasteiger charge is -2.09. The van der Waals surface area contributed by atoms with Crippen LogP contribution in [0, 0.1) is 5.92 Å². The highest BCUT2D eigenvalue weighted by Crippen LogP contribution is 2.26. The summed E-state index contributed by atoms with van der Waals surface area (Å²) in [6.07, 6.45) is 5.18.